The minimum Gasteiger partial charge on any atom is -0.463 e. The van der Waals surface area contributed by atoms with Crippen LogP contribution in [0.4, 0.5) is 0 Å². The van der Waals surface area contributed by atoms with Crippen LogP contribution in [0.15, 0.2) is 48.6 Å². The van der Waals surface area contributed by atoms with E-state index in [9.17, 15) is 19.8 Å². The lowest BCUT2D eigenvalue weighted by Crippen LogP contribution is -2.25. The molecule has 2 atom stereocenters. The molecular formula is C40H70O6. The first-order chi connectivity index (χ1) is 22.5. The zero-order valence-corrected chi connectivity index (χ0v) is 29.7. The normalized spacial score (nSPS) is 13.4. The molecule has 0 aromatic carbocycles. The molecule has 0 rings (SSSR count). The van der Waals surface area contributed by atoms with Gasteiger partial charge in [0, 0.05) is 12.8 Å². The minimum absolute atomic E-state index is 0.155. The quantitative estimate of drug-likeness (QED) is 0.0319. The predicted octanol–water partition coefficient (Wildman–Crippen LogP) is 10.4. The van der Waals surface area contributed by atoms with Crippen molar-refractivity contribution in [1.82, 2.24) is 0 Å². The number of allylic oxidation sites excluding steroid dienone is 6. The summed E-state index contributed by atoms with van der Waals surface area (Å²) in [7, 11) is 0. The highest BCUT2D eigenvalue weighted by molar-refractivity contribution is 5.69. The highest BCUT2D eigenvalue weighted by Crippen LogP contribution is 2.13. The molecule has 0 saturated carbocycles. The zero-order valence-electron chi connectivity index (χ0n) is 29.7. The van der Waals surface area contributed by atoms with Crippen LogP contribution in [0.25, 0.3) is 0 Å². The number of unbranched alkanes of at least 4 members (excludes halogenated alkanes) is 17. The van der Waals surface area contributed by atoms with Gasteiger partial charge in [-0.1, -0.05) is 159 Å². The first kappa shape index (κ1) is 43.8. The number of hydrogen-bond acceptors (Lipinski definition) is 6. The summed E-state index contributed by atoms with van der Waals surface area (Å²) < 4.78 is 10.2. The van der Waals surface area contributed by atoms with Crippen LogP contribution >= 0.6 is 0 Å². The van der Waals surface area contributed by atoms with Crippen molar-refractivity contribution in [3.8, 4) is 0 Å². The van der Waals surface area contributed by atoms with Crippen LogP contribution in [-0.2, 0) is 19.1 Å². The molecule has 0 saturated heterocycles. The molecule has 0 aliphatic heterocycles. The van der Waals surface area contributed by atoms with E-state index in [0.717, 1.165) is 32.1 Å². The van der Waals surface area contributed by atoms with Crippen LogP contribution in [0.3, 0.4) is 0 Å². The second-order valence-corrected chi connectivity index (χ2v) is 12.5. The van der Waals surface area contributed by atoms with E-state index in [-0.39, 0.29) is 31.6 Å². The van der Waals surface area contributed by atoms with E-state index in [4.69, 9.17) is 9.47 Å². The lowest BCUT2D eigenvalue weighted by Gasteiger charge is -2.12. The Kier molecular flexibility index (Phi) is 34.0. The molecule has 2 N–H and O–H groups in total. The molecule has 0 amide bonds. The average molecular weight is 647 g/mol. The summed E-state index contributed by atoms with van der Waals surface area (Å²) >= 11 is 0. The lowest BCUT2D eigenvalue weighted by molar-refractivity contribution is -0.152. The minimum atomic E-state index is -1.01. The summed E-state index contributed by atoms with van der Waals surface area (Å²) in [6, 6.07) is 0. The van der Waals surface area contributed by atoms with Crippen molar-refractivity contribution in [2.24, 2.45) is 0 Å². The Bertz CT molecular complexity index is 800. The summed E-state index contributed by atoms with van der Waals surface area (Å²) in [4.78, 5) is 23.9. The smallest absolute Gasteiger partial charge is 0.305 e. The number of aliphatic hydroxyl groups is 2. The predicted molar refractivity (Wildman–Crippen MR) is 193 cm³/mol. The Labute approximate surface area is 282 Å². The zero-order chi connectivity index (χ0) is 33.8. The summed E-state index contributed by atoms with van der Waals surface area (Å²) in [6.45, 7) is 4.14. The number of aliphatic hydroxyl groups excluding tert-OH is 2. The first-order valence-corrected chi connectivity index (χ1v) is 18.8. The van der Waals surface area contributed by atoms with Crippen molar-refractivity contribution in [2.75, 3.05) is 13.2 Å². The van der Waals surface area contributed by atoms with E-state index < -0.39 is 12.2 Å². The van der Waals surface area contributed by atoms with Gasteiger partial charge in [0.05, 0.1) is 6.10 Å². The number of ether oxygens (including phenoxy) is 2. The Morgan fingerprint density at radius 3 is 1.61 bits per heavy atom. The van der Waals surface area contributed by atoms with E-state index in [1.54, 1.807) is 6.08 Å². The Morgan fingerprint density at radius 2 is 1.02 bits per heavy atom. The SMILES string of the molecule is CCCCC/C=C\C/C=C\CC(O)/C=C\C=C\CCCC(=O)OC[C@@H](O)COC(=O)CCCCCCCCCCCCCCCC. The average Bonchev–Trinajstić information content (AvgIpc) is 3.05. The van der Waals surface area contributed by atoms with Crippen molar-refractivity contribution in [2.45, 2.75) is 180 Å². The van der Waals surface area contributed by atoms with Gasteiger partial charge in [0.2, 0.25) is 0 Å². The topological polar surface area (TPSA) is 93.1 Å². The molecule has 0 fully saturated rings. The molecule has 0 aliphatic carbocycles. The number of rotatable bonds is 33. The van der Waals surface area contributed by atoms with E-state index >= 15 is 0 Å². The second-order valence-electron chi connectivity index (χ2n) is 12.5. The van der Waals surface area contributed by atoms with Crippen LogP contribution in [0.5, 0.6) is 0 Å². The van der Waals surface area contributed by atoms with Crippen molar-refractivity contribution in [3.63, 3.8) is 0 Å². The molecule has 0 aromatic rings. The highest BCUT2D eigenvalue weighted by Gasteiger charge is 2.12. The maximum atomic E-state index is 11.9. The fourth-order valence-corrected chi connectivity index (χ4v) is 4.98. The van der Waals surface area contributed by atoms with E-state index in [2.05, 4.69) is 32.1 Å². The number of hydrogen-bond donors (Lipinski definition) is 2. The molecule has 0 spiro atoms. The first-order valence-electron chi connectivity index (χ1n) is 18.8. The van der Waals surface area contributed by atoms with Crippen molar-refractivity contribution in [3.05, 3.63) is 48.6 Å². The molecule has 266 valence electrons. The molecule has 0 heterocycles. The maximum absolute atomic E-state index is 11.9. The van der Waals surface area contributed by atoms with Crippen LogP contribution in [0.2, 0.25) is 0 Å². The van der Waals surface area contributed by atoms with Gasteiger partial charge in [-0.3, -0.25) is 9.59 Å². The number of carbonyl (C=O) groups is 2. The fourth-order valence-electron chi connectivity index (χ4n) is 4.98. The van der Waals surface area contributed by atoms with Crippen molar-refractivity contribution < 1.29 is 29.3 Å². The monoisotopic (exact) mass is 647 g/mol. The second kappa shape index (κ2) is 35.7. The van der Waals surface area contributed by atoms with Crippen LogP contribution < -0.4 is 0 Å². The molecule has 0 bridgehead atoms. The number of esters is 2. The van der Waals surface area contributed by atoms with Gasteiger partial charge in [0.1, 0.15) is 19.3 Å². The van der Waals surface area contributed by atoms with Crippen LogP contribution in [-0.4, -0.2) is 47.6 Å². The lowest BCUT2D eigenvalue weighted by atomic mass is 10.0. The van der Waals surface area contributed by atoms with Gasteiger partial charge in [-0.05, 0) is 44.9 Å². The summed E-state index contributed by atoms with van der Waals surface area (Å²) in [5.41, 5.74) is 0. The fraction of sp³-hybridized carbons (Fsp3) is 0.750. The van der Waals surface area contributed by atoms with Crippen molar-refractivity contribution >= 4 is 11.9 Å². The van der Waals surface area contributed by atoms with Gasteiger partial charge in [-0.2, -0.15) is 0 Å². The Morgan fingerprint density at radius 1 is 0.543 bits per heavy atom. The van der Waals surface area contributed by atoms with Gasteiger partial charge < -0.3 is 19.7 Å². The van der Waals surface area contributed by atoms with E-state index in [1.807, 2.05) is 24.3 Å². The molecule has 6 heteroatoms. The van der Waals surface area contributed by atoms with Gasteiger partial charge in [-0.25, -0.2) is 0 Å². The third-order valence-corrected chi connectivity index (χ3v) is 7.90. The molecule has 0 aliphatic rings. The number of carbonyl (C=O) groups excluding carboxylic acids is 2. The summed E-state index contributed by atoms with van der Waals surface area (Å²) in [6.07, 6.45) is 40.5. The van der Waals surface area contributed by atoms with Gasteiger partial charge in [0.25, 0.3) is 0 Å². The third-order valence-electron chi connectivity index (χ3n) is 7.90. The Hall–Kier alpha value is -2.18. The molecule has 0 aromatic heterocycles. The third kappa shape index (κ3) is 34.7. The summed E-state index contributed by atoms with van der Waals surface area (Å²) in [5, 5.41) is 20.0. The maximum Gasteiger partial charge on any atom is 0.305 e. The van der Waals surface area contributed by atoms with Gasteiger partial charge in [-0.15, -0.1) is 0 Å². The molecule has 0 radical (unpaired) electrons. The largest absolute Gasteiger partial charge is 0.463 e. The standard InChI is InChI=1S/C40H70O6/c1-3-5-7-9-11-13-14-15-16-17-19-21-25-29-33-39(43)45-35-38(42)36-46-40(44)34-30-26-22-24-28-32-37(41)31-27-23-20-18-12-10-8-6-4-2/h12,18,22-24,27-28,32,37-38,41-42H,3-11,13-17,19-21,25-26,29-31,33-36H2,1-2H3/b18-12-,24-22+,27-23-,32-28-/t37?,38-/m0/s1. The molecular weight excluding hydrogens is 576 g/mol. The molecule has 1 unspecified atom stereocenters. The van der Waals surface area contributed by atoms with Gasteiger partial charge in [0.15, 0.2) is 0 Å². The Balaban J connectivity index is 3.63. The van der Waals surface area contributed by atoms with Gasteiger partial charge >= 0.3 is 11.9 Å². The molecule has 46 heavy (non-hydrogen) atoms. The summed E-state index contributed by atoms with van der Waals surface area (Å²) in [5.74, 6) is -0.690. The van der Waals surface area contributed by atoms with Crippen LogP contribution in [0, 0.1) is 0 Å². The highest BCUT2D eigenvalue weighted by atomic mass is 16.6. The van der Waals surface area contributed by atoms with Crippen molar-refractivity contribution in [1.29, 1.82) is 0 Å². The van der Waals surface area contributed by atoms with E-state index in [0.29, 0.717) is 25.7 Å². The van der Waals surface area contributed by atoms with E-state index in [1.165, 1.54) is 89.9 Å². The van der Waals surface area contributed by atoms with Crippen LogP contribution in [0.1, 0.15) is 168 Å². The molecule has 6 nitrogen and oxygen atoms in total.